The van der Waals surface area contributed by atoms with Gasteiger partial charge < -0.3 is 5.32 Å². The van der Waals surface area contributed by atoms with Gasteiger partial charge in [-0.2, -0.15) is 5.10 Å². The van der Waals surface area contributed by atoms with Crippen LogP contribution in [0.25, 0.3) is 11.0 Å². The molecular formula is C16H18FN5. The first-order valence-corrected chi connectivity index (χ1v) is 7.35. The van der Waals surface area contributed by atoms with E-state index in [4.69, 9.17) is 0 Å². The average Bonchev–Trinajstić information content (AvgIpc) is 2.90. The van der Waals surface area contributed by atoms with Crippen molar-refractivity contribution in [3.8, 4) is 0 Å². The molecule has 0 bridgehead atoms. The molecule has 1 N–H and O–H groups in total. The Bertz CT molecular complexity index is 796. The highest BCUT2D eigenvalue weighted by atomic mass is 19.1. The molecule has 3 aromatic rings. The molecule has 0 saturated heterocycles. The fourth-order valence-corrected chi connectivity index (χ4v) is 2.38. The van der Waals surface area contributed by atoms with Crippen molar-refractivity contribution in [1.82, 2.24) is 19.7 Å². The molecule has 2 aromatic heterocycles. The van der Waals surface area contributed by atoms with Gasteiger partial charge in [-0.05, 0) is 18.1 Å². The Balaban J connectivity index is 1.80. The van der Waals surface area contributed by atoms with Crippen LogP contribution < -0.4 is 5.32 Å². The molecule has 0 radical (unpaired) electrons. The van der Waals surface area contributed by atoms with E-state index in [1.807, 2.05) is 20.0 Å². The van der Waals surface area contributed by atoms with Gasteiger partial charge in [0.05, 0.1) is 11.6 Å². The summed E-state index contributed by atoms with van der Waals surface area (Å²) in [6, 6.07) is 6.82. The molecule has 0 aliphatic rings. The lowest BCUT2D eigenvalue weighted by molar-refractivity contribution is 0.610. The Hall–Kier alpha value is -2.50. The number of benzene rings is 1. The van der Waals surface area contributed by atoms with E-state index in [0.29, 0.717) is 18.5 Å². The molecule has 3 rings (SSSR count). The first kappa shape index (κ1) is 14.4. The largest absolute Gasteiger partial charge is 0.369 e. The van der Waals surface area contributed by atoms with E-state index in [2.05, 4.69) is 20.4 Å². The highest BCUT2D eigenvalue weighted by Crippen LogP contribution is 2.20. The zero-order valence-electron chi connectivity index (χ0n) is 12.7. The molecule has 0 aliphatic carbocycles. The molecule has 2 heterocycles. The molecule has 0 spiro atoms. The summed E-state index contributed by atoms with van der Waals surface area (Å²) in [6.45, 7) is 2.62. The molecule has 0 amide bonds. The first-order chi connectivity index (χ1) is 10.7. The van der Waals surface area contributed by atoms with Crippen molar-refractivity contribution >= 4 is 16.9 Å². The fourth-order valence-electron chi connectivity index (χ4n) is 2.38. The molecule has 0 fully saturated rings. The number of nitrogens with zero attached hydrogens (tertiary/aromatic N) is 4. The summed E-state index contributed by atoms with van der Waals surface area (Å²) in [5.41, 5.74) is 1.50. The normalized spacial score (nSPS) is 11.0. The SMILES string of the molecule is CCc1nc(NCCc2ccccc2F)c2cnn(C)c2n1. The minimum atomic E-state index is -0.173. The number of nitrogens with one attached hydrogen (secondary N) is 1. The Morgan fingerprint density at radius 1 is 1.23 bits per heavy atom. The summed E-state index contributed by atoms with van der Waals surface area (Å²) in [4.78, 5) is 9.00. The molecule has 1 aromatic carbocycles. The summed E-state index contributed by atoms with van der Waals surface area (Å²) in [7, 11) is 1.86. The fraction of sp³-hybridized carbons (Fsp3) is 0.312. The van der Waals surface area contributed by atoms with E-state index in [9.17, 15) is 4.39 Å². The van der Waals surface area contributed by atoms with Crippen molar-refractivity contribution in [3.63, 3.8) is 0 Å². The first-order valence-electron chi connectivity index (χ1n) is 7.35. The predicted octanol–water partition coefficient (Wildman–Crippen LogP) is 2.72. The molecule has 0 unspecified atom stereocenters. The van der Waals surface area contributed by atoms with Gasteiger partial charge in [-0.15, -0.1) is 0 Å². The number of anilines is 1. The van der Waals surface area contributed by atoms with E-state index in [1.165, 1.54) is 6.07 Å². The Kier molecular flexibility index (Phi) is 4.00. The maximum atomic E-state index is 13.6. The molecule has 0 saturated carbocycles. The molecule has 5 nitrogen and oxygen atoms in total. The lowest BCUT2D eigenvalue weighted by Gasteiger charge is -2.09. The quantitative estimate of drug-likeness (QED) is 0.787. The predicted molar refractivity (Wildman–Crippen MR) is 84.3 cm³/mol. The van der Waals surface area contributed by atoms with Crippen LogP contribution in [0.3, 0.4) is 0 Å². The van der Waals surface area contributed by atoms with Crippen molar-refractivity contribution in [2.75, 3.05) is 11.9 Å². The third-order valence-corrected chi connectivity index (χ3v) is 3.60. The van der Waals surface area contributed by atoms with Crippen LogP contribution in [0, 0.1) is 5.82 Å². The van der Waals surface area contributed by atoms with E-state index < -0.39 is 0 Å². The number of halogens is 1. The van der Waals surface area contributed by atoms with Crippen LogP contribution in [0.4, 0.5) is 10.2 Å². The number of hydrogen-bond acceptors (Lipinski definition) is 4. The number of hydrogen-bond donors (Lipinski definition) is 1. The topological polar surface area (TPSA) is 55.6 Å². The molecular weight excluding hydrogens is 281 g/mol. The molecule has 114 valence electrons. The van der Waals surface area contributed by atoms with Crippen LogP contribution >= 0.6 is 0 Å². The maximum Gasteiger partial charge on any atom is 0.163 e. The van der Waals surface area contributed by atoms with Gasteiger partial charge in [0.1, 0.15) is 17.5 Å². The number of aryl methyl sites for hydroxylation is 2. The number of fused-ring (bicyclic) bond motifs is 1. The second kappa shape index (κ2) is 6.09. The van der Waals surface area contributed by atoms with E-state index in [1.54, 1.807) is 23.0 Å². The van der Waals surface area contributed by atoms with Crippen LogP contribution in [-0.2, 0) is 19.9 Å². The van der Waals surface area contributed by atoms with Crippen LogP contribution in [0.15, 0.2) is 30.5 Å². The summed E-state index contributed by atoms with van der Waals surface area (Å²) in [5.74, 6) is 1.35. The maximum absolute atomic E-state index is 13.6. The summed E-state index contributed by atoms with van der Waals surface area (Å²) < 4.78 is 15.4. The lowest BCUT2D eigenvalue weighted by Crippen LogP contribution is -2.09. The van der Waals surface area contributed by atoms with Crippen molar-refractivity contribution in [1.29, 1.82) is 0 Å². The average molecular weight is 299 g/mol. The molecule has 22 heavy (non-hydrogen) atoms. The van der Waals surface area contributed by atoms with Crippen molar-refractivity contribution in [2.45, 2.75) is 19.8 Å². The zero-order chi connectivity index (χ0) is 15.5. The van der Waals surface area contributed by atoms with E-state index in [-0.39, 0.29) is 5.82 Å². The van der Waals surface area contributed by atoms with Crippen molar-refractivity contribution in [3.05, 3.63) is 47.7 Å². The zero-order valence-corrected chi connectivity index (χ0v) is 12.7. The summed E-state index contributed by atoms with van der Waals surface area (Å²) in [6.07, 6.45) is 3.10. The van der Waals surface area contributed by atoms with Crippen LogP contribution in [0.1, 0.15) is 18.3 Å². The van der Waals surface area contributed by atoms with Crippen molar-refractivity contribution < 1.29 is 4.39 Å². The number of aromatic nitrogens is 4. The minimum absolute atomic E-state index is 0.173. The van der Waals surface area contributed by atoms with Gasteiger partial charge in [-0.25, -0.2) is 14.4 Å². The number of rotatable bonds is 5. The van der Waals surface area contributed by atoms with Gasteiger partial charge in [0.2, 0.25) is 0 Å². The van der Waals surface area contributed by atoms with Gasteiger partial charge in [0, 0.05) is 20.0 Å². The second-order valence-corrected chi connectivity index (χ2v) is 5.12. The monoisotopic (exact) mass is 299 g/mol. The molecule has 0 atom stereocenters. The van der Waals surface area contributed by atoms with Gasteiger partial charge >= 0.3 is 0 Å². The van der Waals surface area contributed by atoms with Crippen LogP contribution in [0.2, 0.25) is 0 Å². The smallest absolute Gasteiger partial charge is 0.163 e. The molecule has 0 aliphatic heterocycles. The van der Waals surface area contributed by atoms with Gasteiger partial charge in [-0.1, -0.05) is 25.1 Å². The lowest BCUT2D eigenvalue weighted by atomic mass is 10.1. The van der Waals surface area contributed by atoms with Crippen LogP contribution in [0.5, 0.6) is 0 Å². The standard InChI is InChI=1S/C16H18FN5/c1-3-14-20-15(12-10-19-22(2)16(12)21-14)18-9-8-11-6-4-5-7-13(11)17/h4-7,10H,3,8-9H2,1-2H3,(H,18,20,21). The molecule has 6 heteroatoms. The van der Waals surface area contributed by atoms with Gasteiger partial charge in [0.25, 0.3) is 0 Å². The Morgan fingerprint density at radius 3 is 2.82 bits per heavy atom. The Labute approximate surface area is 128 Å². The minimum Gasteiger partial charge on any atom is -0.369 e. The van der Waals surface area contributed by atoms with Gasteiger partial charge in [-0.3, -0.25) is 4.68 Å². The second-order valence-electron chi connectivity index (χ2n) is 5.12. The highest BCUT2D eigenvalue weighted by Gasteiger charge is 2.10. The van der Waals surface area contributed by atoms with E-state index in [0.717, 1.165) is 29.1 Å². The van der Waals surface area contributed by atoms with E-state index >= 15 is 0 Å². The highest BCUT2D eigenvalue weighted by molar-refractivity contribution is 5.86. The third-order valence-electron chi connectivity index (χ3n) is 3.60. The summed E-state index contributed by atoms with van der Waals surface area (Å²) >= 11 is 0. The van der Waals surface area contributed by atoms with Crippen LogP contribution in [-0.4, -0.2) is 26.3 Å². The third kappa shape index (κ3) is 2.77. The Morgan fingerprint density at radius 2 is 2.05 bits per heavy atom. The summed E-state index contributed by atoms with van der Waals surface area (Å²) in [5, 5.41) is 8.39. The van der Waals surface area contributed by atoms with Gasteiger partial charge in [0.15, 0.2) is 5.65 Å². The van der Waals surface area contributed by atoms with Crippen molar-refractivity contribution in [2.24, 2.45) is 7.05 Å².